The molecule has 0 radical (unpaired) electrons. The highest BCUT2D eigenvalue weighted by Gasteiger charge is 2.23. The molecule has 0 aliphatic carbocycles. The molecule has 136 valence electrons. The summed E-state index contributed by atoms with van der Waals surface area (Å²) in [7, 11) is 0. The van der Waals surface area contributed by atoms with Crippen LogP contribution in [-0.2, 0) is 0 Å². The third-order valence-corrected chi connectivity index (χ3v) is 5.14. The van der Waals surface area contributed by atoms with E-state index in [2.05, 4.69) is 14.8 Å². The van der Waals surface area contributed by atoms with E-state index in [-0.39, 0.29) is 0 Å². The van der Waals surface area contributed by atoms with Gasteiger partial charge in [0.05, 0.1) is 16.7 Å². The van der Waals surface area contributed by atoms with Crippen LogP contribution in [0.25, 0.3) is 22.1 Å². The predicted molar refractivity (Wildman–Crippen MR) is 108 cm³/mol. The van der Waals surface area contributed by atoms with Gasteiger partial charge < -0.3 is 14.2 Å². The molecule has 1 fully saturated rings. The first-order chi connectivity index (χ1) is 13.2. The van der Waals surface area contributed by atoms with Crippen LogP contribution < -0.4 is 9.80 Å². The first kappa shape index (κ1) is 16.3. The van der Waals surface area contributed by atoms with Gasteiger partial charge >= 0.3 is 0 Å². The second-order valence-corrected chi connectivity index (χ2v) is 7.14. The number of aromatic nitrogens is 3. The van der Waals surface area contributed by atoms with E-state index in [1.807, 2.05) is 49.4 Å². The fourth-order valence-corrected chi connectivity index (χ4v) is 3.68. The molecule has 0 saturated carbocycles. The molecule has 0 N–H and O–H groups in total. The van der Waals surface area contributed by atoms with Crippen molar-refractivity contribution in [1.29, 1.82) is 0 Å². The molecule has 2 aromatic heterocycles. The van der Waals surface area contributed by atoms with Crippen molar-refractivity contribution >= 4 is 45.6 Å². The molecule has 6 nitrogen and oxygen atoms in total. The summed E-state index contributed by atoms with van der Waals surface area (Å²) in [5.74, 6) is 0.956. The molecule has 0 amide bonds. The molecule has 5 rings (SSSR count). The average molecular weight is 380 g/mol. The smallest absolute Gasteiger partial charge is 0.298 e. The zero-order valence-electron chi connectivity index (χ0n) is 14.9. The van der Waals surface area contributed by atoms with E-state index in [1.165, 1.54) is 0 Å². The normalized spacial score (nSPS) is 15.0. The van der Waals surface area contributed by atoms with Crippen LogP contribution in [0.2, 0.25) is 5.02 Å². The number of oxazole rings is 1. The van der Waals surface area contributed by atoms with Crippen molar-refractivity contribution in [3.63, 3.8) is 0 Å². The second kappa shape index (κ2) is 6.39. The minimum absolute atomic E-state index is 0.647. The molecule has 0 spiro atoms. The number of aryl methyl sites for hydroxylation is 1. The Balaban J connectivity index is 1.37. The molecule has 1 aliphatic rings. The van der Waals surface area contributed by atoms with Crippen LogP contribution in [0.4, 0.5) is 11.8 Å². The van der Waals surface area contributed by atoms with Gasteiger partial charge in [-0.1, -0.05) is 23.7 Å². The monoisotopic (exact) mass is 379 g/mol. The SMILES string of the molecule is Cc1nc2ccccc2nc1N1CCN(c2nc3cc(Cl)ccc3o2)CC1. The lowest BCUT2D eigenvalue weighted by Crippen LogP contribution is -2.47. The molecule has 4 aromatic rings. The summed E-state index contributed by atoms with van der Waals surface area (Å²) in [5, 5.41) is 0.664. The van der Waals surface area contributed by atoms with Gasteiger partial charge in [-0.2, -0.15) is 4.98 Å². The van der Waals surface area contributed by atoms with E-state index < -0.39 is 0 Å². The summed E-state index contributed by atoms with van der Waals surface area (Å²) in [6, 6.07) is 14.1. The Labute approximate surface area is 161 Å². The summed E-state index contributed by atoms with van der Waals surface area (Å²) in [4.78, 5) is 18.6. The molecular formula is C20H18ClN5O. The molecule has 2 aromatic carbocycles. The molecule has 0 bridgehead atoms. The van der Waals surface area contributed by atoms with Crippen molar-refractivity contribution in [3.05, 3.63) is 53.2 Å². The number of hydrogen-bond donors (Lipinski definition) is 0. The quantitative estimate of drug-likeness (QED) is 0.523. The second-order valence-electron chi connectivity index (χ2n) is 6.70. The Hall–Kier alpha value is -2.86. The highest BCUT2D eigenvalue weighted by molar-refractivity contribution is 6.31. The number of hydrogen-bond acceptors (Lipinski definition) is 6. The van der Waals surface area contributed by atoms with E-state index in [1.54, 1.807) is 0 Å². The van der Waals surface area contributed by atoms with Crippen LogP contribution in [0.3, 0.4) is 0 Å². The van der Waals surface area contributed by atoms with Gasteiger partial charge in [0.1, 0.15) is 5.52 Å². The Morgan fingerprint density at radius 3 is 2.33 bits per heavy atom. The molecule has 0 atom stereocenters. The van der Waals surface area contributed by atoms with Crippen LogP contribution in [0.1, 0.15) is 5.69 Å². The van der Waals surface area contributed by atoms with Gasteiger partial charge in [0.2, 0.25) is 0 Å². The van der Waals surface area contributed by atoms with Crippen molar-refractivity contribution in [1.82, 2.24) is 15.0 Å². The molecule has 1 saturated heterocycles. The van der Waals surface area contributed by atoms with Crippen LogP contribution in [-0.4, -0.2) is 41.1 Å². The van der Waals surface area contributed by atoms with Crippen molar-refractivity contribution in [2.75, 3.05) is 36.0 Å². The lowest BCUT2D eigenvalue weighted by molar-refractivity contribution is 0.540. The first-order valence-electron chi connectivity index (χ1n) is 8.97. The zero-order valence-corrected chi connectivity index (χ0v) is 15.6. The maximum Gasteiger partial charge on any atom is 0.298 e. The molecular weight excluding hydrogens is 362 g/mol. The van der Waals surface area contributed by atoms with Crippen LogP contribution >= 0.6 is 11.6 Å². The number of rotatable bonds is 2. The molecule has 1 aliphatic heterocycles. The summed E-state index contributed by atoms with van der Waals surface area (Å²) >= 11 is 6.04. The number of halogens is 1. The summed E-state index contributed by atoms with van der Waals surface area (Å²) < 4.78 is 5.89. The Morgan fingerprint density at radius 1 is 0.852 bits per heavy atom. The Kier molecular flexibility index (Phi) is 3.86. The number of para-hydroxylation sites is 2. The average Bonchev–Trinajstić information content (AvgIpc) is 3.11. The van der Waals surface area contributed by atoms with Crippen molar-refractivity contribution in [3.8, 4) is 0 Å². The Morgan fingerprint density at radius 2 is 1.56 bits per heavy atom. The van der Waals surface area contributed by atoms with E-state index >= 15 is 0 Å². The van der Waals surface area contributed by atoms with Gasteiger partial charge in [-0.25, -0.2) is 9.97 Å². The highest BCUT2D eigenvalue weighted by Crippen LogP contribution is 2.27. The van der Waals surface area contributed by atoms with Crippen LogP contribution in [0.15, 0.2) is 46.9 Å². The lowest BCUT2D eigenvalue weighted by atomic mass is 10.2. The van der Waals surface area contributed by atoms with Gasteiger partial charge in [0.25, 0.3) is 6.01 Å². The van der Waals surface area contributed by atoms with Crippen molar-refractivity contribution in [2.45, 2.75) is 6.92 Å². The number of nitrogens with zero attached hydrogens (tertiary/aromatic N) is 5. The maximum atomic E-state index is 6.04. The minimum Gasteiger partial charge on any atom is -0.423 e. The van der Waals surface area contributed by atoms with E-state index in [0.29, 0.717) is 11.0 Å². The topological polar surface area (TPSA) is 58.3 Å². The third kappa shape index (κ3) is 2.96. The lowest BCUT2D eigenvalue weighted by Gasteiger charge is -2.35. The van der Waals surface area contributed by atoms with E-state index in [4.69, 9.17) is 26.0 Å². The van der Waals surface area contributed by atoms with Crippen molar-refractivity contribution in [2.24, 2.45) is 0 Å². The molecule has 7 heteroatoms. The Bertz CT molecular complexity index is 1130. The number of anilines is 2. The molecule has 0 unspecified atom stereocenters. The van der Waals surface area contributed by atoms with Crippen LogP contribution in [0, 0.1) is 6.92 Å². The van der Waals surface area contributed by atoms with Gasteiger partial charge in [0, 0.05) is 31.2 Å². The van der Waals surface area contributed by atoms with Crippen LogP contribution in [0.5, 0.6) is 0 Å². The highest BCUT2D eigenvalue weighted by atomic mass is 35.5. The summed E-state index contributed by atoms with van der Waals surface area (Å²) in [6.45, 7) is 5.33. The zero-order chi connectivity index (χ0) is 18.4. The first-order valence-corrected chi connectivity index (χ1v) is 9.34. The summed E-state index contributed by atoms with van der Waals surface area (Å²) in [5.41, 5.74) is 4.36. The maximum absolute atomic E-state index is 6.04. The number of benzene rings is 2. The molecule has 3 heterocycles. The largest absolute Gasteiger partial charge is 0.423 e. The van der Waals surface area contributed by atoms with E-state index in [0.717, 1.165) is 59.8 Å². The van der Waals surface area contributed by atoms with Gasteiger partial charge in [-0.15, -0.1) is 0 Å². The van der Waals surface area contributed by atoms with E-state index in [9.17, 15) is 0 Å². The van der Waals surface area contributed by atoms with Gasteiger partial charge in [-0.3, -0.25) is 0 Å². The number of fused-ring (bicyclic) bond motifs is 2. The summed E-state index contributed by atoms with van der Waals surface area (Å²) in [6.07, 6.45) is 0. The molecule has 27 heavy (non-hydrogen) atoms. The number of piperazine rings is 1. The minimum atomic E-state index is 0.647. The fourth-order valence-electron chi connectivity index (χ4n) is 3.51. The van der Waals surface area contributed by atoms with Gasteiger partial charge in [0.15, 0.2) is 11.4 Å². The standard InChI is InChI=1S/C20H18ClN5O/c1-13-19(23-16-5-3-2-4-15(16)22-13)25-8-10-26(11-9-25)20-24-17-12-14(21)6-7-18(17)27-20/h2-7,12H,8-11H2,1H3. The fraction of sp³-hybridized carbons (Fsp3) is 0.250. The van der Waals surface area contributed by atoms with Gasteiger partial charge in [-0.05, 0) is 37.3 Å². The van der Waals surface area contributed by atoms with Crippen molar-refractivity contribution < 1.29 is 4.42 Å². The third-order valence-electron chi connectivity index (χ3n) is 4.91. The predicted octanol–water partition coefficient (Wildman–Crippen LogP) is 4.06.